The van der Waals surface area contributed by atoms with Crippen LogP contribution >= 0.6 is 11.3 Å². The van der Waals surface area contributed by atoms with Gasteiger partial charge in [-0.3, -0.25) is 4.79 Å². The van der Waals surface area contributed by atoms with E-state index < -0.39 is 14.2 Å². The molecule has 2 heterocycles. The van der Waals surface area contributed by atoms with Gasteiger partial charge in [-0.25, -0.2) is 9.97 Å². The maximum Gasteiger partial charge on any atom is 0.268 e. The molecular weight excluding hydrogens is 537 g/mol. The van der Waals surface area contributed by atoms with Crippen LogP contribution in [0.5, 0.6) is 5.75 Å². The van der Waals surface area contributed by atoms with Crippen molar-refractivity contribution in [2.24, 2.45) is 5.73 Å². The molecule has 212 valence electrons. The Morgan fingerprint density at radius 1 is 1.12 bits per heavy atom. The molecule has 0 spiro atoms. The minimum absolute atomic E-state index is 0.0722. The first kappa shape index (κ1) is 29.7. The van der Waals surface area contributed by atoms with Gasteiger partial charge < -0.3 is 19.5 Å². The van der Waals surface area contributed by atoms with Crippen LogP contribution in [0.4, 0.5) is 0 Å². The summed E-state index contributed by atoms with van der Waals surface area (Å²) in [4.78, 5) is 20.8. The highest BCUT2D eigenvalue weighted by molar-refractivity contribution is 7.10. The van der Waals surface area contributed by atoms with E-state index in [0.717, 1.165) is 28.4 Å². The van der Waals surface area contributed by atoms with E-state index in [-0.39, 0.29) is 22.9 Å². The van der Waals surface area contributed by atoms with E-state index in [1.165, 1.54) is 5.56 Å². The molecule has 0 bridgehead atoms. The first-order valence-corrected chi connectivity index (χ1v) is 17.4. The molecule has 2 aromatic heterocycles. The van der Waals surface area contributed by atoms with Gasteiger partial charge in [0, 0.05) is 30.0 Å². The molecule has 9 heteroatoms. The molecule has 0 aliphatic carbocycles. The summed E-state index contributed by atoms with van der Waals surface area (Å²) in [6, 6.07) is 18.4. The molecule has 0 radical (unpaired) electrons. The number of ether oxygens (including phenoxy) is 1. The topological polar surface area (TPSA) is 92.3 Å². The number of hydrogen-bond donors (Lipinski definition) is 1. The maximum atomic E-state index is 11.7. The lowest BCUT2D eigenvalue weighted by atomic mass is 10.1. The van der Waals surface area contributed by atoms with Gasteiger partial charge in [0.05, 0.1) is 35.8 Å². The van der Waals surface area contributed by atoms with Crippen LogP contribution in [-0.4, -0.2) is 41.5 Å². The Kier molecular flexibility index (Phi) is 9.28. The molecule has 0 saturated carbocycles. The number of hydrogen-bond acceptors (Lipinski definition) is 6. The van der Waals surface area contributed by atoms with Crippen LogP contribution in [0, 0.1) is 0 Å². The van der Waals surface area contributed by atoms with Crippen molar-refractivity contribution in [3.05, 3.63) is 88.8 Å². The zero-order valence-electron chi connectivity index (χ0n) is 24.3. The summed E-state index contributed by atoms with van der Waals surface area (Å²) in [5, 5.41) is 3.26. The van der Waals surface area contributed by atoms with Gasteiger partial charge in [0.1, 0.15) is 11.4 Å². The number of aromatic nitrogens is 3. The summed E-state index contributed by atoms with van der Waals surface area (Å²) in [5.41, 5.74) is 8.95. The summed E-state index contributed by atoms with van der Waals surface area (Å²) in [5.74, 6) is 0.243. The molecule has 2 N–H and O–H groups in total. The van der Waals surface area contributed by atoms with E-state index >= 15 is 0 Å². The van der Waals surface area contributed by atoms with Crippen molar-refractivity contribution in [1.82, 2.24) is 14.5 Å². The second-order valence-corrected chi connectivity index (χ2v) is 17.4. The molecule has 1 amide bonds. The van der Waals surface area contributed by atoms with Crippen molar-refractivity contribution in [3.63, 3.8) is 0 Å². The normalized spacial score (nSPS) is 13.7. The van der Waals surface area contributed by atoms with E-state index in [2.05, 4.69) is 81.5 Å². The number of carbonyl (C=O) groups excluding carboxylic acids is 1. The molecule has 4 rings (SSSR count). The van der Waals surface area contributed by atoms with Crippen molar-refractivity contribution >= 4 is 25.6 Å². The smallest absolute Gasteiger partial charge is 0.268 e. The monoisotopic (exact) mass is 576 g/mol. The van der Waals surface area contributed by atoms with E-state index in [1.54, 1.807) is 23.9 Å². The van der Waals surface area contributed by atoms with Crippen LogP contribution in [0.15, 0.2) is 72.5 Å². The summed E-state index contributed by atoms with van der Waals surface area (Å²) in [7, 11) is -2.02. The molecule has 7 nitrogen and oxygen atoms in total. The predicted molar refractivity (Wildman–Crippen MR) is 164 cm³/mol. The van der Waals surface area contributed by atoms with E-state index in [1.807, 2.05) is 28.8 Å². The van der Waals surface area contributed by atoms with Gasteiger partial charge in [-0.1, -0.05) is 63.2 Å². The standard InChI is InChI=1S/C31H40N4O3SSi/c1-22(38-40(5,6)31(2,3)4)28(35-19-26(30(32)36)33-21-35)15-16-37-25-14-10-13-24(18-25)27-20-39-29(34-27)17-23-11-8-7-9-12-23/h7-14,18-22,28H,15-17H2,1-6H3,(H2,32,36). The van der Waals surface area contributed by atoms with Crippen molar-refractivity contribution in [3.8, 4) is 17.0 Å². The highest BCUT2D eigenvalue weighted by atomic mass is 32.1. The highest BCUT2D eigenvalue weighted by Crippen LogP contribution is 2.39. The van der Waals surface area contributed by atoms with Crippen molar-refractivity contribution < 1.29 is 14.0 Å². The van der Waals surface area contributed by atoms with Gasteiger partial charge in [0.2, 0.25) is 0 Å². The highest BCUT2D eigenvalue weighted by Gasteiger charge is 2.40. The van der Waals surface area contributed by atoms with Crippen LogP contribution in [0.3, 0.4) is 0 Å². The second kappa shape index (κ2) is 12.5. The van der Waals surface area contributed by atoms with Gasteiger partial charge in [-0.05, 0) is 42.8 Å². The fourth-order valence-corrected chi connectivity index (χ4v) is 6.61. The Bertz CT molecular complexity index is 1410. The molecule has 2 unspecified atom stereocenters. The van der Waals surface area contributed by atoms with Crippen LogP contribution in [-0.2, 0) is 10.8 Å². The van der Waals surface area contributed by atoms with E-state index in [0.29, 0.717) is 13.0 Å². The summed E-state index contributed by atoms with van der Waals surface area (Å²) in [6.45, 7) is 13.7. The van der Waals surface area contributed by atoms with Gasteiger partial charge in [-0.15, -0.1) is 11.3 Å². The van der Waals surface area contributed by atoms with Crippen LogP contribution in [0.1, 0.15) is 61.2 Å². The lowest BCUT2D eigenvalue weighted by molar-refractivity contribution is 0.0994. The number of primary amides is 1. The first-order valence-electron chi connectivity index (χ1n) is 13.7. The van der Waals surface area contributed by atoms with Crippen molar-refractivity contribution in [1.29, 1.82) is 0 Å². The SMILES string of the molecule is CC(O[Si](C)(C)C(C)(C)C)C(CCOc1cccc(-c2csc(Cc3ccccc3)n2)c1)n1cnc(C(N)=O)c1. The molecule has 0 fully saturated rings. The average Bonchev–Trinajstić information content (AvgIpc) is 3.57. The third-order valence-electron chi connectivity index (χ3n) is 7.63. The Hall–Kier alpha value is -3.27. The number of nitrogens with zero attached hydrogens (tertiary/aromatic N) is 3. The Balaban J connectivity index is 1.44. The van der Waals surface area contributed by atoms with Crippen molar-refractivity contribution in [2.75, 3.05) is 6.61 Å². The molecule has 2 atom stereocenters. The summed E-state index contributed by atoms with van der Waals surface area (Å²) >= 11 is 1.67. The predicted octanol–water partition coefficient (Wildman–Crippen LogP) is 7.12. The first-order chi connectivity index (χ1) is 18.9. The van der Waals surface area contributed by atoms with Gasteiger partial charge in [0.25, 0.3) is 5.91 Å². The number of thiazole rings is 1. The Morgan fingerprint density at radius 2 is 1.88 bits per heavy atom. The Labute approximate surface area is 242 Å². The number of imidazole rings is 1. The molecule has 4 aromatic rings. The number of rotatable bonds is 12. The van der Waals surface area contributed by atoms with Gasteiger partial charge in [0.15, 0.2) is 8.32 Å². The van der Waals surface area contributed by atoms with Gasteiger partial charge in [-0.2, -0.15) is 0 Å². The molecule has 0 saturated heterocycles. The zero-order valence-corrected chi connectivity index (χ0v) is 26.1. The maximum absolute atomic E-state index is 11.7. The third kappa shape index (κ3) is 7.47. The van der Waals surface area contributed by atoms with Gasteiger partial charge >= 0.3 is 0 Å². The number of benzene rings is 2. The molecule has 0 aliphatic rings. The van der Waals surface area contributed by atoms with Crippen LogP contribution in [0.2, 0.25) is 18.1 Å². The van der Waals surface area contributed by atoms with Crippen LogP contribution < -0.4 is 10.5 Å². The number of carbonyl (C=O) groups is 1. The van der Waals surface area contributed by atoms with Crippen molar-refractivity contribution in [2.45, 2.75) is 70.8 Å². The van der Waals surface area contributed by atoms with Crippen LogP contribution in [0.25, 0.3) is 11.3 Å². The molecule has 40 heavy (non-hydrogen) atoms. The van der Waals surface area contributed by atoms with E-state index in [9.17, 15) is 4.79 Å². The Morgan fingerprint density at radius 3 is 2.55 bits per heavy atom. The fourth-order valence-electron chi connectivity index (χ4n) is 4.33. The third-order valence-corrected chi connectivity index (χ3v) is 13.0. The lowest BCUT2D eigenvalue weighted by Gasteiger charge is -2.40. The second-order valence-electron chi connectivity index (χ2n) is 11.7. The molecule has 0 aliphatic heterocycles. The molecular formula is C31H40N4O3SSi. The quantitative estimate of drug-likeness (QED) is 0.181. The number of nitrogens with two attached hydrogens (primary N) is 1. The number of amides is 1. The molecule has 2 aromatic carbocycles. The minimum Gasteiger partial charge on any atom is -0.493 e. The lowest BCUT2D eigenvalue weighted by Crippen LogP contribution is -2.45. The minimum atomic E-state index is -2.02. The largest absolute Gasteiger partial charge is 0.493 e. The zero-order chi connectivity index (χ0) is 28.9. The average molecular weight is 577 g/mol. The van der Waals surface area contributed by atoms with E-state index in [4.69, 9.17) is 19.9 Å². The summed E-state index contributed by atoms with van der Waals surface area (Å²) in [6.07, 6.45) is 4.75. The summed E-state index contributed by atoms with van der Waals surface area (Å²) < 4.78 is 14.9. The fraction of sp³-hybridized carbons (Fsp3) is 0.387.